The minimum Gasteiger partial charge on any atom is -0.480 e. The molecule has 0 bridgehead atoms. The van der Waals surface area contributed by atoms with Crippen LogP contribution in [-0.2, 0) is 22.4 Å². The fraction of sp³-hybridized carbons (Fsp3) is 0.217. The van der Waals surface area contributed by atoms with E-state index in [1.165, 1.54) is 5.56 Å². The third-order valence-electron chi connectivity index (χ3n) is 5.17. The van der Waals surface area contributed by atoms with E-state index in [4.69, 9.17) is 0 Å². The van der Waals surface area contributed by atoms with Gasteiger partial charge in [0.05, 0.1) is 5.75 Å². The maximum atomic E-state index is 12.4. The van der Waals surface area contributed by atoms with E-state index < -0.39 is 12.0 Å². The minimum atomic E-state index is -1.08. The highest BCUT2D eigenvalue weighted by atomic mass is 32.2. The van der Waals surface area contributed by atoms with Gasteiger partial charge in [0.2, 0.25) is 11.1 Å². The number of nitrogens with one attached hydrogen (secondary N) is 3. The standard InChI is InChI=1S/C23H23N5O3S/c1-2-14-7-9-15(10-8-14)21-26-23(28-27-21)32-13-20(29)25-19(22(30)31)11-16-12-24-18-6-4-3-5-17(16)18/h3-10,12,19,24H,2,11,13H2,1H3,(H,25,29)(H,30,31)(H,26,27,28)/t19-/m1/s1. The third-order valence-corrected chi connectivity index (χ3v) is 6.01. The van der Waals surface area contributed by atoms with Crippen molar-refractivity contribution in [1.29, 1.82) is 0 Å². The van der Waals surface area contributed by atoms with Gasteiger partial charge < -0.3 is 15.4 Å². The Morgan fingerprint density at radius 3 is 2.69 bits per heavy atom. The van der Waals surface area contributed by atoms with Crippen molar-refractivity contribution in [3.05, 3.63) is 65.9 Å². The topological polar surface area (TPSA) is 124 Å². The quantitative estimate of drug-likeness (QED) is 0.290. The van der Waals surface area contributed by atoms with Gasteiger partial charge in [0.15, 0.2) is 5.82 Å². The number of aryl methyl sites for hydroxylation is 1. The molecule has 8 nitrogen and oxygen atoms in total. The number of carboxylic acids is 1. The first kappa shape index (κ1) is 21.6. The lowest BCUT2D eigenvalue weighted by Gasteiger charge is -2.13. The van der Waals surface area contributed by atoms with E-state index in [0.717, 1.165) is 40.2 Å². The number of thioether (sulfide) groups is 1. The molecule has 32 heavy (non-hydrogen) atoms. The number of benzene rings is 2. The van der Waals surface area contributed by atoms with Crippen molar-refractivity contribution in [1.82, 2.24) is 25.5 Å². The van der Waals surface area contributed by atoms with E-state index >= 15 is 0 Å². The van der Waals surface area contributed by atoms with Crippen LogP contribution in [0.25, 0.3) is 22.3 Å². The van der Waals surface area contributed by atoms with E-state index in [9.17, 15) is 14.7 Å². The summed E-state index contributed by atoms with van der Waals surface area (Å²) in [5, 5.41) is 20.6. The smallest absolute Gasteiger partial charge is 0.326 e. The summed E-state index contributed by atoms with van der Waals surface area (Å²) in [4.78, 5) is 31.7. The second-order valence-electron chi connectivity index (χ2n) is 7.33. The van der Waals surface area contributed by atoms with E-state index in [1.807, 2.05) is 48.5 Å². The summed E-state index contributed by atoms with van der Waals surface area (Å²) in [6.45, 7) is 2.10. The molecule has 0 fully saturated rings. The molecule has 0 aliphatic carbocycles. The van der Waals surface area contributed by atoms with Gasteiger partial charge in [-0.25, -0.2) is 9.78 Å². The number of amides is 1. The highest BCUT2D eigenvalue weighted by Crippen LogP contribution is 2.21. The number of aromatic amines is 2. The lowest BCUT2D eigenvalue weighted by atomic mass is 10.1. The molecule has 4 N–H and O–H groups in total. The SMILES string of the molecule is CCc1ccc(-c2nc(SCC(=O)N[C@H](Cc3c[nH]c4ccccc34)C(=O)O)n[nH]2)cc1. The van der Waals surface area contributed by atoms with Crippen molar-refractivity contribution in [2.75, 3.05) is 5.75 Å². The van der Waals surface area contributed by atoms with Crippen LogP contribution in [0.3, 0.4) is 0 Å². The molecule has 0 spiro atoms. The number of hydrogen-bond donors (Lipinski definition) is 4. The first-order valence-corrected chi connectivity index (χ1v) is 11.2. The Balaban J connectivity index is 1.35. The second kappa shape index (κ2) is 9.69. The zero-order valence-electron chi connectivity index (χ0n) is 17.5. The maximum Gasteiger partial charge on any atom is 0.326 e. The number of carbonyl (C=O) groups excluding carboxylic acids is 1. The van der Waals surface area contributed by atoms with Gasteiger partial charge in [0.25, 0.3) is 0 Å². The van der Waals surface area contributed by atoms with Gasteiger partial charge in [-0.3, -0.25) is 9.89 Å². The third kappa shape index (κ3) is 5.00. The van der Waals surface area contributed by atoms with Crippen molar-refractivity contribution < 1.29 is 14.7 Å². The molecule has 164 valence electrons. The molecule has 4 rings (SSSR count). The number of H-pyrrole nitrogens is 2. The number of rotatable bonds is 9. The van der Waals surface area contributed by atoms with Crippen molar-refractivity contribution in [3.8, 4) is 11.4 Å². The Morgan fingerprint density at radius 2 is 1.94 bits per heavy atom. The average molecular weight is 450 g/mol. The monoisotopic (exact) mass is 449 g/mol. The highest BCUT2D eigenvalue weighted by molar-refractivity contribution is 7.99. The zero-order valence-corrected chi connectivity index (χ0v) is 18.3. The predicted molar refractivity (Wildman–Crippen MR) is 123 cm³/mol. The molecule has 0 aliphatic heterocycles. The van der Waals surface area contributed by atoms with Crippen LogP contribution in [0.5, 0.6) is 0 Å². The highest BCUT2D eigenvalue weighted by Gasteiger charge is 2.22. The number of fused-ring (bicyclic) bond motifs is 1. The fourth-order valence-electron chi connectivity index (χ4n) is 3.42. The molecule has 2 aromatic heterocycles. The molecule has 9 heteroatoms. The number of aliphatic carboxylic acids is 1. The number of para-hydroxylation sites is 1. The molecule has 1 atom stereocenters. The number of nitrogens with zero attached hydrogens (tertiary/aromatic N) is 2. The molecular formula is C23H23N5O3S. The Kier molecular flexibility index (Phi) is 6.55. The van der Waals surface area contributed by atoms with Gasteiger partial charge in [0, 0.05) is 29.1 Å². The number of aromatic nitrogens is 4. The summed E-state index contributed by atoms with van der Waals surface area (Å²) in [6.07, 6.45) is 2.93. The van der Waals surface area contributed by atoms with Crippen LogP contribution in [0.2, 0.25) is 0 Å². The van der Waals surface area contributed by atoms with E-state index in [0.29, 0.717) is 11.0 Å². The number of carboxylic acid groups (broad SMARTS) is 1. The fourth-order valence-corrected chi connectivity index (χ4v) is 4.03. The summed E-state index contributed by atoms with van der Waals surface area (Å²) < 4.78 is 0. The first-order chi connectivity index (χ1) is 15.5. The van der Waals surface area contributed by atoms with Gasteiger partial charge in [-0.15, -0.1) is 5.10 Å². The molecule has 1 amide bonds. The van der Waals surface area contributed by atoms with E-state index in [2.05, 4.69) is 32.4 Å². The molecule has 2 heterocycles. The molecular weight excluding hydrogens is 426 g/mol. The molecule has 0 saturated heterocycles. The van der Waals surface area contributed by atoms with Gasteiger partial charge in [-0.1, -0.05) is 61.2 Å². The Morgan fingerprint density at radius 1 is 1.16 bits per heavy atom. The first-order valence-electron chi connectivity index (χ1n) is 10.2. The van der Waals surface area contributed by atoms with Crippen LogP contribution < -0.4 is 5.32 Å². The van der Waals surface area contributed by atoms with Crippen LogP contribution >= 0.6 is 11.8 Å². The van der Waals surface area contributed by atoms with E-state index in [-0.39, 0.29) is 18.1 Å². The zero-order chi connectivity index (χ0) is 22.5. The van der Waals surface area contributed by atoms with Gasteiger partial charge in [-0.05, 0) is 23.6 Å². The van der Waals surface area contributed by atoms with Crippen molar-refractivity contribution in [3.63, 3.8) is 0 Å². The van der Waals surface area contributed by atoms with Crippen LogP contribution in [0, 0.1) is 0 Å². The molecule has 0 saturated carbocycles. The summed E-state index contributed by atoms with van der Waals surface area (Å²) >= 11 is 1.15. The van der Waals surface area contributed by atoms with Crippen LogP contribution in [0.4, 0.5) is 0 Å². The minimum absolute atomic E-state index is 0.0176. The van der Waals surface area contributed by atoms with Crippen molar-refractivity contribution >= 4 is 34.5 Å². The van der Waals surface area contributed by atoms with Gasteiger partial charge >= 0.3 is 5.97 Å². The normalized spacial score (nSPS) is 12.0. The van der Waals surface area contributed by atoms with Gasteiger partial charge in [-0.2, -0.15) is 0 Å². The Hall–Kier alpha value is -3.59. The maximum absolute atomic E-state index is 12.4. The van der Waals surface area contributed by atoms with Crippen LogP contribution in [0.1, 0.15) is 18.1 Å². The average Bonchev–Trinajstić information content (AvgIpc) is 3.45. The molecule has 4 aromatic rings. The predicted octanol–water partition coefficient (Wildman–Crippen LogP) is 3.42. The number of hydrogen-bond acceptors (Lipinski definition) is 5. The number of carbonyl (C=O) groups is 2. The summed E-state index contributed by atoms with van der Waals surface area (Å²) in [5.41, 5.74) is 3.92. The second-order valence-corrected chi connectivity index (χ2v) is 8.27. The van der Waals surface area contributed by atoms with Crippen LogP contribution in [-0.4, -0.2) is 48.9 Å². The van der Waals surface area contributed by atoms with Crippen molar-refractivity contribution in [2.24, 2.45) is 0 Å². The largest absolute Gasteiger partial charge is 0.480 e. The van der Waals surface area contributed by atoms with Crippen LogP contribution in [0.15, 0.2) is 59.9 Å². The molecule has 0 radical (unpaired) electrons. The van der Waals surface area contributed by atoms with E-state index in [1.54, 1.807) is 6.20 Å². The molecule has 0 unspecified atom stereocenters. The summed E-state index contributed by atoms with van der Waals surface area (Å²) in [6, 6.07) is 14.7. The Labute approximate surface area is 188 Å². The lowest BCUT2D eigenvalue weighted by molar-refractivity contribution is -0.141. The molecule has 2 aromatic carbocycles. The lowest BCUT2D eigenvalue weighted by Crippen LogP contribution is -2.43. The van der Waals surface area contributed by atoms with Gasteiger partial charge in [0.1, 0.15) is 6.04 Å². The molecule has 0 aliphatic rings. The summed E-state index contributed by atoms with van der Waals surface area (Å²) in [7, 11) is 0. The summed E-state index contributed by atoms with van der Waals surface area (Å²) in [5.74, 6) is -0.826. The van der Waals surface area contributed by atoms with Crippen molar-refractivity contribution in [2.45, 2.75) is 31.0 Å². The Bertz CT molecular complexity index is 1230.